The lowest BCUT2D eigenvalue weighted by molar-refractivity contribution is -0.140. The Bertz CT molecular complexity index is 1230. The van der Waals surface area contributed by atoms with Crippen LogP contribution >= 0.6 is 0 Å². The number of aryl methyl sites for hydroxylation is 2. The number of amides is 3. The van der Waals surface area contributed by atoms with E-state index in [0.717, 1.165) is 24.9 Å². The summed E-state index contributed by atoms with van der Waals surface area (Å²) in [5.41, 5.74) is 5.07. The summed E-state index contributed by atoms with van der Waals surface area (Å²) in [6, 6.07) is 13.0. The second-order valence-corrected chi connectivity index (χ2v) is 8.74. The predicted molar refractivity (Wildman–Crippen MR) is 131 cm³/mol. The number of aromatic nitrogens is 1. The molecule has 0 spiro atoms. The summed E-state index contributed by atoms with van der Waals surface area (Å²) in [6.07, 6.45) is 3.88. The molecule has 0 saturated heterocycles. The molecule has 4 N–H and O–H groups in total. The van der Waals surface area contributed by atoms with E-state index in [0.29, 0.717) is 23.4 Å². The van der Waals surface area contributed by atoms with Gasteiger partial charge in [-0.1, -0.05) is 43.6 Å². The molecule has 0 saturated carbocycles. The van der Waals surface area contributed by atoms with Gasteiger partial charge in [0.05, 0.1) is 0 Å². The van der Waals surface area contributed by atoms with Crippen molar-refractivity contribution in [2.75, 3.05) is 10.6 Å². The fourth-order valence-electron chi connectivity index (χ4n) is 4.08. The molecule has 2 aromatic carbocycles. The molecule has 2 atom stereocenters. The van der Waals surface area contributed by atoms with Crippen molar-refractivity contribution in [3.05, 3.63) is 65.4 Å². The minimum Gasteiger partial charge on any atom is -0.480 e. The first-order valence-electron chi connectivity index (χ1n) is 11.6. The van der Waals surface area contributed by atoms with E-state index < -0.39 is 17.9 Å². The third-order valence-corrected chi connectivity index (χ3v) is 6.29. The highest BCUT2D eigenvalue weighted by Crippen LogP contribution is 2.25. The van der Waals surface area contributed by atoms with Gasteiger partial charge >= 0.3 is 12.0 Å². The van der Waals surface area contributed by atoms with Crippen LogP contribution in [0.15, 0.2) is 53.1 Å². The zero-order valence-corrected chi connectivity index (χ0v) is 19.6. The van der Waals surface area contributed by atoms with Gasteiger partial charge in [-0.15, -0.1) is 0 Å². The van der Waals surface area contributed by atoms with Crippen molar-refractivity contribution in [1.82, 2.24) is 10.5 Å². The van der Waals surface area contributed by atoms with Crippen LogP contribution in [0.5, 0.6) is 0 Å². The summed E-state index contributed by atoms with van der Waals surface area (Å²) >= 11 is 0. The topological polar surface area (TPSA) is 134 Å². The van der Waals surface area contributed by atoms with E-state index in [1.165, 1.54) is 17.2 Å². The normalized spacial score (nSPS) is 14.0. The van der Waals surface area contributed by atoms with E-state index in [4.69, 9.17) is 4.52 Å². The Morgan fingerprint density at radius 3 is 2.40 bits per heavy atom. The molecule has 0 fully saturated rings. The van der Waals surface area contributed by atoms with Gasteiger partial charge in [0.1, 0.15) is 11.7 Å². The van der Waals surface area contributed by atoms with Gasteiger partial charge in [-0.05, 0) is 60.6 Å². The van der Waals surface area contributed by atoms with Crippen molar-refractivity contribution in [3.63, 3.8) is 0 Å². The van der Waals surface area contributed by atoms with Crippen LogP contribution in [-0.2, 0) is 17.6 Å². The number of carbonyl (C=O) groups is 3. The van der Waals surface area contributed by atoms with Gasteiger partial charge in [0.15, 0.2) is 0 Å². The highest BCUT2D eigenvalue weighted by molar-refractivity contribution is 6.00. The van der Waals surface area contributed by atoms with Gasteiger partial charge in [-0.2, -0.15) is 0 Å². The summed E-state index contributed by atoms with van der Waals surface area (Å²) in [7, 11) is 0. The van der Waals surface area contributed by atoms with Crippen LogP contribution in [0.3, 0.4) is 0 Å². The standard InChI is InChI=1S/C26H28N4O5/c1-3-15(2)23(25(32)33)29-24(31)22-14-21(30-35-22)17-8-10-19(11-9-17)27-26(34)28-20-12-7-16-5-4-6-18(16)13-20/h7-15,23H,3-6H2,1-2H3,(H,29,31)(H,32,33)(H2,27,28,34). The second-order valence-electron chi connectivity index (χ2n) is 8.74. The van der Waals surface area contributed by atoms with E-state index in [-0.39, 0.29) is 17.7 Å². The summed E-state index contributed by atoms with van der Waals surface area (Å²) in [5, 5.41) is 21.4. The molecule has 9 nitrogen and oxygen atoms in total. The average Bonchev–Trinajstić information content (AvgIpc) is 3.52. The zero-order valence-electron chi connectivity index (χ0n) is 19.6. The fraction of sp³-hybridized carbons (Fsp3) is 0.308. The molecular formula is C26H28N4O5. The molecule has 0 aliphatic heterocycles. The number of nitrogens with zero attached hydrogens (tertiary/aromatic N) is 1. The molecule has 1 aliphatic carbocycles. The largest absolute Gasteiger partial charge is 0.480 e. The van der Waals surface area contributed by atoms with Crippen molar-refractivity contribution in [1.29, 1.82) is 0 Å². The predicted octanol–water partition coefficient (Wildman–Crippen LogP) is 4.70. The van der Waals surface area contributed by atoms with Gasteiger partial charge in [0.25, 0.3) is 5.91 Å². The summed E-state index contributed by atoms with van der Waals surface area (Å²) in [4.78, 5) is 36.3. The van der Waals surface area contributed by atoms with Crippen LogP contribution in [0, 0.1) is 5.92 Å². The molecular weight excluding hydrogens is 448 g/mol. The Hall–Kier alpha value is -4.14. The van der Waals surface area contributed by atoms with E-state index in [9.17, 15) is 19.5 Å². The Labute approximate surface area is 202 Å². The molecule has 1 aromatic heterocycles. The molecule has 2 unspecified atom stereocenters. The lowest BCUT2D eigenvalue weighted by Gasteiger charge is -2.19. The number of carboxylic acids is 1. The van der Waals surface area contributed by atoms with Gasteiger partial charge in [0.2, 0.25) is 5.76 Å². The van der Waals surface area contributed by atoms with Crippen molar-refractivity contribution in [3.8, 4) is 11.3 Å². The first kappa shape index (κ1) is 24.0. The van der Waals surface area contributed by atoms with Gasteiger partial charge in [-0.3, -0.25) is 4.79 Å². The first-order valence-corrected chi connectivity index (χ1v) is 11.6. The minimum atomic E-state index is -1.10. The Morgan fingerprint density at radius 2 is 1.69 bits per heavy atom. The Morgan fingerprint density at radius 1 is 1.00 bits per heavy atom. The number of hydrogen-bond donors (Lipinski definition) is 4. The van der Waals surface area contributed by atoms with Crippen molar-refractivity contribution in [2.24, 2.45) is 5.92 Å². The third kappa shape index (κ3) is 5.68. The highest BCUT2D eigenvalue weighted by atomic mass is 16.5. The average molecular weight is 477 g/mol. The molecule has 4 rings (SSSR count). The number of fused-ring (bicyclic) bond motifs is 1. The molecule has 1 aliphatic rings. The van der Waals surface area contributed by atoms with Crippen LogP contribution in [-0.4, -0.2) is 34.2 Å². The number of carboxylic acid groups (broad SMARTS) is 1. The Kier molecular flexibility index (Phi) is 7.14. The molecule has 35 heavy (non-hydrogen) atoms. The molecule has 182 valence electrons. The van der Waals surface area contributed by atoms with Crippen molar-refractivity contribution in [2.45, 2.75) is 45.6 Å². The van der Waals surface area contributed by atoms with E-state index in [2.05, 4.69) is 27.2 Å². The van der Waals surface area contributed by atoms with Gasteiger partial charge < -0.3 is 25.6 Å². The van der Waals surface area contributed by atoms with Crippen LogP contribution in [0.2, 0.25) is 0 Å². The Balaban J connectivity index is 1.36. The number of hydrogen-bond acceptors (Lipinski definition) is 5. The van der Waals surface area contributed by atoms with E-state index >= 15 is 0 Å². The SMILES string of the molecule is CCC(C)C(NC(=O)c1cc(-c2ccc(NC(=O)Nc3ccc4c(c3)CCC4)cc2)no1)C(=O)O. The molecule has 1 heterocycles. The summed E-state index contributed by atoms with van der Waals surface area (Å²) in [5.74, 6) is -2.06. The fourth-order valence-corrected chi connectivity index (χ4v) is 4.08. The highest BCUT2D eigenvalue weighted by Gasteiger charge is 2.27. The molecule has 3 amide bonds. The molecule has 0 radical (unpaired) electrons. The number of anilines is 2. The molecule has 9 heteroatoms. The quantitative estimate of drug-likeness (QED) is 0.372. The monoisotopic (exact) mass is 476 g/mol. The number of aliphatic carboxylic acids is 1. The van der Waals surface area contributed by atoms with Crippen LogP contribution in [0.25, 0.3) is 11.3 Å². The lowest BCUT2D eigenvalue weighted by atomic mass is 9.99. The number of nitrogens with one attached hydrogen (secondary N) is 3. The molecule has 3 aromatic rings. The summed E-state index contributed by atoms with van der Waals surface area (Å²) in [6.45, 7) is 3.61. The maximum atomic E-state index is 12.4. The third-order valence-electron chi connectivity index (χ3n) is 6.29. The zero-order chi connectivity index (χ0) is 24.9. The first-order chi connectivity index (χ1) is 16.8. The maximum Gasteiger partial charge on any atom is 0.326 e. The number of benzene rings is 2. The lowest BCUT2D eigenvalue weighted by Crippen LogP contribution is -2.44. The van der Waals surface area contributed by atoms with Crippen LogP contribution in [0.1, 0.15) is 48.4 Å². The number of carbonyl (C=O) groups excluding carboxylic acids is 2. The minimum absolute atomic E-state index is 0.0783. The smallest absolute Gasteiger partial charge is 0.326 e. The van der Waals surface area contributed by atoms with Crippen LogP contribution < -0.4 is 16.0 Å². The van der Waals surface area contributed by atoms with E-state index in [1.807, 2.05) is 19.1 Å². The van der Waals surface area contributed by atoms with Crippen molar-refractivity contribution < 1.29 is 24.0 Å². The van der Waals surface area contributed by atoms with Gasteiger partial charge in [-0.25, -0.2) is 9.59 Å². The number of rotatable bonds is 8. The number of urea groups is 1. The maximum absolute atomic E-state index is 12.4. The van der Waals surface area contributed by atoms with Crippen molar-refractivity contribution >= 4 is 29.3 Å². The van der Waals surface area contributed by atoms with Gasteiger partial charge in [0, 0.05) is 23.0 Å². The molecule has 0 bridgehead atoms. The van der Waals surface area contributed by atoms with Crippen LogP contribution in [0.4, 0.5) is 16.2 Å². The van der Waals surface area contributed by atoms with E-state index in [1.54, 1.807) is 31.2 Å². The summed E-state index contributed by atoms with van der Waals surface area (Å²) < 4.78 is 5.13. The second kappa shape index (κ2) is 10.4.